The van der Waals surface area contributed by atoms with E-state index < -0.39 is 11.9 Å². The largest absolute Gasteiger partial charge is 0.478 e. The SMILES string of the molecule is COCCCN1C(=O)CSC1=C(C#N)C(=O)Nc1ccc(C(=O)O)cc1. The number of rotatable bonds is 7. The van der Waals surface area contributed by atoms with Gasteiger partial charge in [-0.25, -0.2) is 4.79 Å². The van der Waals surface area contributed by atoms with Crippen LogP contribution in [0, 0.1) is 11.3 Å². The second-order valence-corrected chi connectivity index (χ2v) is 6.27. The summed E-state index contributed by atoms with van der Waals surface area (Å²) in [6.45, 7) is 0.826. The lowest BCUT2D eigenvalue weighted by Crippen LogP contribution is -2.28. The highest BCUT2D eigenvalue weighted by atomic mass is 32.2. The van der Waals surface area contributed by atoms with Crippen LogP contribution in [-0.4, -0.2) is 53.8 Å². The number of nitrogens with one attached hydrogen (secondary N) is 1. The van der Waals surface area contributed by atoms with Gasteiger partial charge >= 0.3 is 5.97 Å². The molecular formula is C17H17N3O5S. The van der Waals surface area contributed by atoms with Gasteiger partial charge in [-0.2, -0.15) is 5.26 Å². The van der Waals surface area contributed by atoms with Crippen molar-refractivity contribution in [1.82, 2.24) is 4.90 Å². The number of benzene rings is 1. The van der Waals surface area contributed by atoms with Crippen molar-refractivity contribution < 1.29 is 24.2 Å². The number of anilines is 1. The number of amides is 2. The van der Waals surface area contributed by atoms with Crippen molar-refractivity contribution >= 4 is 35.2 Å². The van der Waals surface area contributed by atoms with Crippen LogP contribution in [0.25, 0.3) is 0 Å². The van der Waals surface area contributed by atoms with Crippen molar-refractivity contribution in [3.8, 4) is 6.07 Å². The molecule has 0 bridgehead atoms. The number of methoxy groups -OCH3 is 1. The van der Waals surface area contributed by atoms with E-state index in [-0.39, 0.29) is 22.8 Å². The van der Waals surface area contributed by atoms with E-state index in [0.29, 0.717) is 30.3 Å². The summed E-state index contributed by atoms with van der Waals surface area (Å²) in [6, 6.07) is 7.43. The van der Waals surface area contributed by atoms with Crippen molar-refractivity contribution in [1.29, 1.82) is 5.26 Å². The van der Waals surface area contributed by atoms with Gasteiger partial charge in [0, 0.05) is 25.9 Å². The number of nitriles is 1. The van der Waals surface area contributed by atoms with Crippen molar-refractivity contribution in [2.75, 3.05) is 31.3 Å². The molecular weight excluding hydrogens is 358 g/mol. The number of carbonyl (C=O) groups excluding carboxylic acids is 2. The molecule has 1 saturated heterocycles. The van der Waals surface area contributed by atoms with E-state index in [2.05, 4.69) is 5.32 Å². The summed E-state index contributed by atoms with van der Waals surface area (Å²) in [7, 11) is 1.56. The third kappa shape index (κ3) is 4.62. The second kappa shape index (κ2) is 9.03. The van der Waals surface area contributed by atoms with E-state index in [9.17, 15) is 19.6 Å². The minimum atomic E-state index is -1.07. The first-order valence-corrected chi connectivity index (χ1v) is 8.67. The maximum Gasteiger partial charge on any atom is 0.335 e. The van der Waals surface area contributed by atoms with Crippen LogP contribution in [0.3, 0.4) is 0 Å². The fourth-order valence-electron chi connectivity index (χ4n) is 2.29. The smallest absolute Gasteiger partial charge is 0.335 e. The number of hydrogen-bond donors (Lipinski definition) is 2. The molecule has 8 nitrogen and oxygen atoms in total. The number of hydrogen-bond acceptors (Lipinski definition) is 6. The fraction of sp³-hybridized carbons (Fsp3) is 0.294. The number of aromatic carboxylic acids is 1. The van der Waals surface area contributed by atoms with Crippen LogP contribution in [0.4, 0.5) is 5.69 Å². The number of thioether (sulfide) groups is 1. The molecule has 1 fully saturated rings. The number of nitrogens with zero attached hydrogens (tertiary/aromatic N) is 2. The molecule has 0 atom stereocenters. The van der Waals surface area contributed by atoms with Crippen molar-refractivity contribution in [2.45, 2.75) is 6.42 Å². The van der Waals surface area contributed by atoms with Gasteiger partial charge in [-0.05, 0) is 30.7 Å². The highest BCUT2D eigenvalue weighted by Crippen LogP contribution is 2.32. The molecule has 136 valence electrons. The average Bonchev–Trinajstić information content (AvgIpc) is 2.97. The van der Waals surface area contributed by atoms with E-state index in [4.69, 9.17) is 9.84 Å². The van der Waals surface area contributed by atoms with Crippen LogP contribution < -0.4 is 5.32 Å². The Kier molecular flexibility index (Phi) is 6.77. The second-order valence-electron chi connectivity index (χ2n) is 5.31. The highest BCUT2D eigenvalue weighted by Gasteiger charge is 2.31. The Balaban J connectivity index is 2.18. The van der Waals surface area contributed by atoms with Gasteiger partial charge in [0.15, 0.2) is 0 Å². The molecule has 2 N–H and O–H groups in total. The molecule has 1 aromatic carbocycles. The third-order valence-electron chi connectivity index (χ3n) is 3.55. The zero-order valence-corrected chi connectivity index (χ0v) is 14.8. The molecule has 1 aliphatic heterocycles. The lowest BCUT2D eigenvalue weighted by atomic mass is 10.2. The predicted molar refractivity (Wildman–Crippen MR) is 95.3 cm³/mol. The van der Waals surface area contributed by atoms with Crippen LogP contribution in [0.1, 0.15) is 16.8 Å². The predicted octanol–water partition coefficient (Wildman–Crippen LogP) is 1.67. The van der Waals surface area contributed by atoms with Crippen LogP contribution in [0.2, 0.25) is 0 Å². The van der Waals surface area contributed by atoms with Gasteiger partial charge in [0.1, 0.15) is 16.7 Å². The summed E-state index contributed by atoms with van der Waals surface area (Å²) >= 11 is 1.15. The molecule has 2 amide bonds. The zero-order valence-electron chi connectivity index (χ0n) is 14.0. The van der Waals surface area contributed by atoms with Crippen LogP contribution in [0.15, 0.2) is 34.9 Å². The summed E-state index contributed by atoms with van der Waals surface area (Å²) in [5.41, 5.74) is 0.289. The Bertz CT molecular complexity index is 783. The zero-order chi connectivity index (χ0) is 19.1. The van der Waals surface area contributed by atoms with Gasteiger partial charge in [0.05, 0.1) is 11.3 Å². The molecule has 0 aromatic heterocycles. The maximum atomic E-state index is 12.4. The average molecular weight is 375 g/mol. The number of carboxylic acid groups (broad SMARTS) is 1. The first kappa shape index (κ1) is 19.5. The Morgan fingerprint density at radius 3 is 2.65 bits per heavy atom. The van der Waals surface area contributed by atoms with Crippen LogP contribution in [-0.2, 0) is 14.3 Å². The molecule has 0 unspecified atom stereocenters. The van der Waals surface area contributed by atoms with Crippen LogP contribution in [0.5, 0.6) is 0 Å². The minimum Gasteiger partial charge on any atom is -0.478 e. The topological polar surface area (TPSA) is 120 Å². The van der Waals surface area contributed by atoms with Gasteiger partial charge < -0.3 is 20.1 Å². The Morgan fingerprint density at radius 1 is 1.38 bits per heavy atom. The van der Waals surface area contributed by atoms with E-state index in [1.807, 2.05) is 6.07 Å². The first-order valence-electron chi connectivity index (χ1n) is 7.69. The minimum absolute atomic E-state index is 0.0862. The van der Waals surface area contributed by atoms with Gasteiger partial charge in [0.2, 0.25) is 5.91 Å². The normalized spacial score (nSPS) is 15.5. The molecule has 1 aromatic rings. The molecule has 9 heteroatoms. The summed E-state index contributed by atoms with van der Waals surface area (Å²) in [4.78, 5) is 36.7. The first-order chi connectivity index (χ1) is 12.5. The Morgan fingerprint density at radius 2 is 2.08 bits per heavy atom. The molecule has 1 heterocycles. The van der Waals surface area contributed by atoms with Crippen LogP contribution >= 0.6 is 11.8 Å². The summed E-state index contributed by atoms with van der Waals surface area (Å²) in [5.74, 6) is -1.71. The summed E-state index contributed by atoms with van der Waals surface area (Å²) in [5, 5.41) is 21.2. The number of carboxylic acids is 1. The highest BCUT2D eigenvalue weighted by molar-refractivity contribution is 8.04. The molecule has 0 aliphatic carbocycles. The molecule has 2 rings (SSSR count). The third-order valence-corrected chi connectivity index (χ3v) is 4.64. The monoisotopic (exact) mass is 375 g/mol. The lowest BCUT2D eigenvalue weighted by Gasteiger charge is -2.18. The van der Waals surface area contributed by atoms with Gasteiger partial charge in [-0.3, -0.25) is 9.59 Å². The van der Waals surface area contributed by atoms with E-state index in [1.165, 1.54) is 29.2 Å². The summed E-state index contributed by atoms with van der Waals surface area (Å²) in [6.07, 6.45) is 0.587. The van der Waals surface area contributed by atoms with Gasteiger partial charge in [0.25, 0.3) is 5.91 Å². The molecule has 0 saturated carbocycles. The Labute approximate surface area is 154 Å². The molecule has 1 aliphatic rings. The van der Waals surface area contributed by atoms with Crippen molar-refractivity contribution in [3.63, 3.8) is 0 Å². The van der Waals surface area contributed by atoms with E-state index >= 15 is 0 Å². The summed E-state index contributed by atoms with van der Waals surface area (Å²) < 4.78 is 4.96. The van der Waals surface area contributed by atoms with Gasteiger partial charge in [-0.15, -0.1) is 0 Å². The fourth-order valence-corrected chi connectivity index (χ4v) is 3.33. The quantitative estimate of drug-likeness (QED) is 0.422. The molecule has 26 heavy (non-hydrogen) atoms. The number of ether oxygens (including phenoxy) is 1. The lowest BCUT2D eigenvalue weighted by molar-refractivity contribution is -0.125. The van der Waals surface area contributed by atoms with E-state index in [0.717, 1.165) is 11.8 Å². The van der Waals surface area contributed by atoms with Gasteiger partial charge in [-0.1, -0.05) is 11.8 Å². The van der Waals surface area contributed by atoms with Crippen molar-refractivity contribution in [3.05, 3.63) is 40.4 Å². The molecule has 0 radical (unpaired) electrons. The standard InChI is InChI=1S/C17H17N3O5S/c1-25-8-2-7-20-14(21)10-26-16(20)13(9-18)15(22)19-12-5-3-11(4-6-12)17(23)24/h3-6H,2,7-8,10H2,1H3,(H,19,22)(H,23,24). The molecule has 0 spiro atoms. The van der Waals surface area contributed by atoms with E-state index in [1.54, 1.807) is 7.11 Å². The Hall–Kier alpha value is -2.83. The maximum absolute atomic E-state index is 12.4. The number of carbonyl (C=O) groups is 3. The van der Waals surface area contributed by atoms with Crippen molar-refractivity contribution in [2.24, 2.45) is 0 Å².